The smallest absolute Gasteiger partial charge is 0.312 e. The second-order valence-electron chi connectivity index (χ2n) is 3.81. The molecule has 0 bridgehead atoms. The fourth-order valence-corrected chi connectivity index (χ4v) is 1.93. The second kappa shape index (κ2) is 5.58. The van der Waals surface area contributed by atoms with Crippen LogP contribution < -0.4 is 11.1 Å². The van der Waals surface area contributed by atoms with Crippen molar-refractivity contribution in [1.82, 2.24) is 5.32 Å². The van der Waals surface area contributed by atoms with Gasteiger partial charge in [-0.15, -0.1) is 0 Å². The Labute approximate surface area is 89.3 Å². The lowest BCUT2D eigenvalue weighted by Gasteiger charge is -2.27. The number of carbonyl (C=O) groups is 2. The maximum Gasteiger partial charge on any atom is 0.312 e. The molecule has 0 aromatic rings. The zero-order chi connectivity index (χ0) is 11.3. The molecule has 1 rings (SSSR count). The van der Waals surface area contributed by atoms with Crippen molar-refractivity contribution < 1.29 is 14.3 Å². The number of urea groups is 1. The summed E-state index contributed by atoms with van der Waals surface area (Å²) in [5.74, 6) is -0.120. The molecule has 86 valence electrons. The van der Waals surface area contributed by atoms with E-state index in [0.29, 0.717) is 6.61 Å². The Kier molecular flexibility index (Phi) is 4.39. The van der Waals surface area contributed by atoms with E-state index in [2.05, 4.69) is 5.32 Å². The van der Waals surface area contributed by atoms with Crippen LogP contribution in [0.1, 0.15) is 32.6 Å². The van der Waals surface area contributed by atoms with Crippen LogP contribution in [0.5, 0.6) is 0 Å². The van der Waals surface area contributed by atoms with Gasteiger partial charge in [-0.05, 0) is 32.6 Å². The lowest BCUT2D eigenvalue weighted by molar-refractivity contribution is -0.149. The molecule has 0 aromatic heterocycles. The van der Waals surface area contributed by atoms with Gasteiger partial charge in [0.2, 0.25) is 0 Å². The Morgan fingerprint density at radius 1 is 1.33 bits per heavy atom. The van der Waals surface area contributed by atoms with Crippen molar-refractivity contribution in [2.75, 3.05) is 6.61 Å². The zero-order valence-corrected chi connectivity index (χ0v) is 8.99. The third kappa shape index (κ3) is 3.77. The van der Waals surface area contributed by atoms with Crippen molar-refractivity contribution in [2.45, 2.75) is 38.6 Å². The molecule has 0 saturated heterocycles. The van der Waals surface area contributed by atoms with Crippen LogP contribution in [0.15, 0.2) is 0 Å². The minimum Gasteiger partial charge on any atom is -0.466 e. The number of nitrogens with two attached hydrogens (primary N) is 1. The van der Waals surface area contributed by atoms with Gasteiger partial charge < -0.3 is 15.8 Å². The maximum absolute atomic E-state index is 11.4. The predicted octanol–water partition coefficient (Wildman–Crippen LogP) is 0.777. The largest absolute Gasteiger partial charge is 0.466 e. The van der Waals surface area contributed by atoms with Gasteiger partial charge in [-0.3, -0.25) is 4.79 Å². The van der Waals surface area contributed by atoms with Crippen molar-refractivity contribution in [2.24, 2.45) is 11.7 Å². The van der Waals surface area contributed by atoms with Crippen LogP contribution in [0.4, 0.5) is 4.79 Å². The highest BCUT2D eigenvalue weighted by Crippen LogP contribution is 2.25. The number of esters is 1. The van der Waals surface area contributed by atoms with Crippen molar-refractivity contribution in [3.8, 4) is 0 Å². The number of amides is 2. The summed E-state index contributed by atoms with van der Waals surface area (Å²) in [5, 5.41) is 2.66. The van der Waals surface area contributed by atoms with Crippen LogP contribution in [0.2, 0.25) is 0 Å². The predicted molar refractivity (Wildman–Crippen MR) is 55.1 cm³/mol. The normalized spacial score (nSPS) is 25.7. The van der Waals surface area contributed by atoms with E-state index in [1.807, 2.05) is 0 Å². The molecular formula is C10H18N2O3. The molecule has 1 fully saturated rings. The molecule has 0 spiro atoms. The van der Waals surface area contributed by atoms with Gasteiger partial charge in [0.05, 0.1) is 12.5 Å². The molecular weight excluding hydrogens is 196 g/mol. The van der Waals surface area contributed by atoms with Crippen LogP contribution in [-0.2, 0) is 9.53 Å². The van der Waals surface area contributed by atoms with Gasteiger partial charge in [0.15, 0.2) is 0 Å². The van der Waals surface area contributed by atoms with Gasteiger partial charge >= 0.3 is 12.0 Å². The summed E-state index contributed by atoms with van der Waals surface area (Å²) in [5.41, 5.74) is 5.02. The van der Waals surface area contributed by atoms with Crippen LogP contribution >= 0.6 is 0 Å². The van der Waals surface area contributed by atoms with Gasteiger partial charge in [-0.1, -0.05) is 0 Å². The van der Waals surface area contributed by atoms with Gasteiger partial charge in [0, 0.05) is 6.04 Å². The SMILES string of the molecule is CCOC(=O)C1CCC(NC(N)=O)CC1. The van der Waals surface area contributed by atoms with Crippen LogP contribution in [0.3, 0.4) is 0 Å². The Hall–Kier alpha value is -1.26. The maximum atomic E-state index is 11.4. The molecule has 0 radical (unpaired) electrons. The molecule has 1 saturated carbocycles. The molecule has 0 aromatic carbocycles. The first kappa shape index (κ1) is 11.8. The van der Waals surface area contributed by atoms with Crippen molar-refractivity contribution in [3.63, 3.8) is 0 Å². The fraction of sp³-hybridized carbons (Fsp3) is 0.800. The quantitative estimate of drug-likeness (QED) is 0.681. The number of ether oxygens (including phenoxy) is 1. The summed E-state index contributed by atoms with van der Waals surface area (Å²) in [6.45, 7) is 2.23. The van der Waals surface area contributed by atoms with Crippen molar-refractivity contribution >= 4 is 12.0 Å². The standard InChI is InChI=1S/C10H18N2O3/c1-2-15-9(13)7-3-5-8(6-4-7)12-10(11)14/h7-8H,2-6H2,1H3,(H3,11,12,14). The van der Waals surface area contributed by atoms with Crippen LogP contribution in [0.25, 0.3) is 0 Å². The van der Waals surface area contributed by atoms with Gasteiger partial charge in [-0.2, -0.15) is 0 Å². The molecule has 0 atom stereocenters. The molecule has 5 nitrogen and oxygen atoms in total. The van der Waals surface area contributed by atoms with Gasteiger partial charge in [0.1, 0.15) is 0 Å². The van der Waals surface area contributed by atoms with Crippen molar-refractivity contribution in [1.29, 1.82) is 0 Å². The average molecular weight is 214 g/mol. The Morgan fingerprint density at radius 3 is 2.40 bits per heavy atom. The highest BCUT2D eigenvalue weighted by molar-refractivity contribution is 5.73. The fourth-order valence-electron chi connectivity index (χ4n) is 1.93. The van der Waals surface area contributed by atoms with E-state index in [4.69, 9.17) is 10.5 Å². The third-order valence-electron chi connectivity index (χ3n) is 2.69. The monoisotopic (exact) mass is 214 g/mol. The molecule has 1 aliphatic rings. The van der Waals surface area contributed by atoms with E-state index in [1.165, 1.54) is 0 Å². The van der Waals surface area contributed by atoms with E-state index in [1.54, 1.807) is 6.92 Å². The summed E-state index contributed by atoms with van der Waals surface area (Å²) in [6, 6.07) is -0.372. The summed E-state index contributed by atoms with van der Waals surface area (Å²) in [4.78, 5) is 22.0. The Balaban J connectivity index is 2.29. The van der Waals surface area contributed by atoms with Gasteiger partial charge in [0.25, 0.3) is 0 Å². The number of rotatable bonds is 3. The minimum absolute atomic E-state index is 0.00382. The van der Waals surface area contributed by atoms with Crippen LogP contribution in [0, 0.1) is 5.92 Å². The summed E-state index contributed by atoms with van der Waals surface area (Å²) in [6.07, 6.45) is 3.13. The molecule has 0 heterocycles. The lowest BCUT2D eigenvalue weighted by Crippen LogP contribution is -2.41. The van der Waals surface area contributed by atoms with Gasteiger partial charge in [-0.25, -0.2) is 4.79 Å². The Bertz CT molecular complexity index is 235. The first-order chi connectivity index (χ1) is 7.13. The highest BCUT2D eigenvalue weighted by atomic mass is 16.5. The molecule has 2 amide bonds. The molecule has 15 heavy (non-hydrogen) atoms. The van der Waals surface area contributed by atoms with E-state index in [0.717, 1.165) is 25.7 Å². The van der Waals surface area contributed by atoms with E-state index < -0.39 is 6.03 Å². The highest BCUT2D eigenvalue weighted by Gasteiger charge is 2.27. The topological polar surface area (TPSA) is 81.4 Å². The van der Waals surface area contributed by atoms with Crippen molar-refractivity contribution in [3.05, 3.63) is 0 Å². The number of nitrogens with one attached hydrogen (secondary N) is 1. The number of carbonyl (C=O) groups excluding carboxylic acids is 2. The minimum atomic E-state index is -0.491. The second-order valence-corrected chi connectivity index (χ2v) is 3.81. The number of primary amides is 1. The summed E-state index contributed by atoms with van der Waals surface area (Å²) < 4.78 is 4.95. The van der Waals surface area contributed by atoms with Crippen LogP contribution in [-0.4, -0.2) is 24.6 Å². The molecule has 0 aliphatic heterocycles. The average Bonchev–Trinajstić information content (AvgIpc) is 2.18. The molecule has 1 aliphatic carbocycles. The molecule has 5 heteroatoms. The number of hydrogen-bond acceptors (Lipinski definition) is 3. The first-order valence-electron chi connectivity index (χ1n) is 5.36. The van der Waals surface area contributed by atoms with E-state index >= 15 is 0 Å². The third-order valence-corrected chi connectivity index (χ3v) is 2.69. The number of hydrogen-bond donors (Lipinski definition) is 2. The lowest BCUT2D eigenvalue weighted by atomic mass is 9.86. The summed E-state index contributed by atoms with van der Waals surface area (Å²) in [7, 11) is 0. The zero-order valence-electron chi connectivity index (χ0n) is 8.99. The summed E-state index contributed by atoms with van der Waals surface area (Å²) >= 11 is 0. The van der Waals surface area contributed by atoms with E-state index in [-0.39, 0.29) is 17.9 Å². The Morgan fingerprint density at radius 2 is 1.93 bits per heavy atom. The van der Waals surface area contributed by atoms with E-state index in [9.17, 15) is 9.59 Å². The molecule has 3 N–H and O–H groups in total. The first-order valence-corrected chi connectivity index (χ1v) is 5.36. The molecule has 0 unspecified atom stereocenters.